The van der Waals surface area contributed by atoms with Crippen LogP contribution in [0.15, 0.2) is 0 Å². The minimum Gasteiger partial charge on any atom is -0.384 e. The van der Waals surface area contributed by atoms with Gasteiger partial charge in [-0.25, -0.2) is 0 Å². The van der Waals surface area contributed by atoms with Crippen LogP contribution in [0.3, 0.4) is 0 Å². The quantitative estimate of drug-likeness (QED) is 0.576. The Morgan fingerprint density at radius 2 is 2.00 bits per heavy atom. The Labute approximate surface area is 73.3 Å². The van der Waals surface area contributed by atoms with E-state index in [0.29, 0.717) is 0 Å². The standard InChI is InChI=1S/C9H15NO2/c11-7-3-1-2-4-10-5-8-12-9-6-10/h11H,2,4-9H2. The summed E-state index contributed by atoms with van der Waals surface area (Å²) in [7, 11) is 0. The highest BCUT2D eigenvalue weighted by molar-refractivity contribution is 4.98. The smallest absolute Gasteiger partial charge is 0.104 e. The molecule has 0 unspecified atom stereocenters. The molecule has 0 aromatic heterocycles. The van der Waals surface area contributed by atoms with Crippen molar-refractivity contribution in [3.63, 3.8) is 0 Å². The zero-order valence-electron chi connectivity index (χ0n) is 7.25. The van der Waals surface area contributed by atoms with E-state index in [1.807, 2.05) is 0 Å². The molecule has 0 aromatic rings. The molecule has 1 fully saturated rings. The molecule has 1 aliphatic rings. The van der Waals surface area contributed by atoms with Crippen LogP contribution in [0.4, 0.5) is 0 Å². The summed E-state index contributed by atoms with van der Waals surface area (Å²) in [6.07, 6.45) is 0.848. The lowest BCUT2D eigenvalue weighted by molar-refractivity contribution is 0.0390. The number of nitrogens with zero attached hydrogens (tertiary/aromatic N) is 1. The Morgan fingerprint density at radius 3 is 2.67 bits per heavy atom. The summed E-state index contributed by atoms with van der Waals surface area (Å²) < 4.78 is 5.21. The van der Waals surface area contributed by atoms with E-state index < -0.39 is 0 Å². The molecule has 0 amide bonds. The largest absolute Gasteiger partial charge is 0.384 e. The number of rotatable bonds is 2. The second-order valence-electron chi connectivity index (χ2n) is 2.72. The molecule has 12 heavy (non-hydrogen) atoms. The Kier molecular flexibility index (Phi) is 4.77. The number of hydrogen-bond acceptors (Lipinski definition) is 3. The van der Waals surface area contributed by atoms with Gasteiger partial charge in [-0.2, -0.15) is 0 Å². The first-order valence-electron chi connectivity index (χ1n) is 4.30. The lowest BCUT2D eigenvalue weighted by Gasteiger charge is -2.25. The van der Waals surface area contributed by atoms with Crippen LogP contribution in [0.1, 0.15) is 6.42 Å². The van der Waals surface area contributed by atoms with Crippen LogP contribution in [0, 0.1) is 11.8 Å². The molecule has 0 saturated carbocycles. The van der Waals surface area contributed by atoms with Crippen LogP contribution in [-0.2, 0) is 4.74 Å². The SMILES string of the molecule is OCC#CCCN1CCOCC1. The molecular formula is C9H15NO2. The summed E-state index contributed by atoms with van der Waals surface area (Å²) in [4.78, 5) is 2.33. The molecule has 0 radical (unpaired) electrons. The van der Waals surface area contributed by atoms with Gasteiger partial charge in [0.15, 0.2) is 0 Å². The monoisotopic (exact) mass is 169 g/mol. The summed E-state index contributed by atoms with van der Waals surface area (Å²) >= 11 is 0. The highest BCUT2D eigenvalue weighted by atomic mass is 16.5. The lowest BCUT2D eigenvalue weighted by Crippen LogP contribution is -2.36. The third kappa shape index (κ3) is 3.72. The molecule has 0 aromatic carbocycles. The molecule has 68 valence electrons. The van der Waals surface area contributed by atoms with Crippen molar-refractivity contribution in [1.82, 2.24) is 4.90 Å². The first kappa shape index (κ1) is 9.53. The van der Waals surface area contributed by atoms with E-state index in [1.54, 1.807) is 0 Å². The Morgan fingerprint density at radius 1 is 1.25 bits per heavy atom. The fraction of sp³-hybridized carbons (Fsp3) is 0.778. The molecule has 0 aliphatic carbocycles. The van der Waals surface area contributed by atoms with Gasteiger partial charge in [-0.05, 0) is 0 Å². The third-order valence-corrected chi connectivity index (χ3v) is 1.86. The van der Waals surface area contributed by atoms with Gasteiger partial charge in [0.05, 0.1) is 13.2 Å². The average Bonchev–Trinajstić information content (AvgIpc) is 2.14. The molecule has 1 rings (SSSR count). The van der Waals surface area contributed by atoms with Crippen molar-refractivity contribution < 1.29 is 9.84 Å². The fourth-order valence-electron chi connectivity index (χ4n) is 1.18. The minimum absolute atomic E-state index is 0.0247. The van der Waals surface area contributed by atoms with Gasteiger partial charge < -0.3 is 9.84 Å². The molecule has 3 heteroatoms. The van der Waals surface area contributed by atoms with Crippen molar-refractivity contribution in [2.24, 2.45) is 0 Å². The molecule has 1 heterocycles. The summed E-state index contributed by atoms with van der Waals surface area (Å²) in [6, 6.07) is 0. The zero-order valence-corrected chi connectivity index (χ0v) is 7.25. The van der Waals surface area contributed by atoms with E-state index in [2.05, 4.69) is 16.7 Å². The van der Waals surface area contributed by atoms with Gasteiger partial charge in [0, 0.05) is 26.1 Å². The minimum atomic E-state index is -0.0247. The van der Waals surface area contributed by atoms with E-state index in [-0.39, 0.29) is 6.61 Å². The molecule has 0 spiro atoms. The summed E-state index contributed by atoms with van der Waals surface area (Å²) in [5.74, 6) is 5.54. The van der Waals surface area contributed by atoms with Gasteiger partial charge in [0.25, 0.3) is 0 Å². The number of aliphatic hydroxyl groups is 1. The predicted molar refractivity (Wildman–Crippen MR) is 46.7 cm³/mol. The maximum absolute atomic E-state index is 8.40. The highest BCUT2D eigenvalue weighted by Gasteiger charge is 2.07. The van der Waals surface area contributed by atoms with Gasteiger partial charge in [-0.1, -0.05) is 11.8 Å². The molecule has 0 atom stereocenters. The molecule has 1 aliphatic heterocycles. The maximum Gasteiger partial charge on any atom is 0.104 e. The Bertz CT molecular complexity index is 165. The van der Waals surface area contributed by atoms with Crippen LogP contribution < -0.4 is 0 Å². The van der Waals surface area contributed by atoms with Crippen LogP contribution >= 0.6 is 0 Å². The Balaban J connectivity index is 2.05. The topological polar surface area (TPSA) is 32.7 Å². The number of ether oxygens (including phenoxy) is 1. The van der Waals surface area contributed by atoms with Gasteiger partial charge in [0.2, 0.25) is 0 Å². The van der Waals surface area contributed by atoms with Crippen LogP contribution in [0.2, 0.25) is 0 Å². The van der Waals surface area contributed by atoms with Gasteiger partial charge in [-0.3, -0.25) is 4.90 Å². The van der Waals surface area contributed by atoms with E-state index in [9.17, 15) is 0 Å². The van der Waals surface area contributed by atoms with Crippen LogP contribution in [-0.4, -0.2) is 49.5 Å². The molecule has 0 bridgehead atoms. The first-order valence-corrected chi connectivity index (χ1v) is 4.30. The zero-order chi connectivity index (χ0) is 8.65. The summed E-state index contributed by atoms with van der Waals surface area (Å²) in [5, 5.41) is 8.40. The molecule has 3 nitrogen and oxygen atoms in total. The van der Waals surface area contributed by atoms with Crippen molar-refractivity contribution in [3.8, 4) is 11.8 Å². The second-order valence-corrected chi connectivity index (χ2v) is 2.72. The Hall–Kier alpha value is -0.560. The maximum atomic E-state index is 8.40. The van der Waals surface area contributed by atoms with Crippen molar-refractivity contribution >= 4 is 0 Å². The number of hydrogen-bond donors (Lipinski definition) is 1. The van der Waals surface area contributed by atoms with Gasteiger partial charge in [0.1, 0.15) is 6.61 Å². The van der Waals surface area contributed by atoms with Gasteiger partial charge in [-0.15, -0.1) is 0 Å². The van der Waals surface area contributed by atoms with Crippen molar-refractivity contribution in [2.45, 2.75) is 6.42 Å². The molecular weight excluding hydrogens is 154 g/mol. The van der Waals surface area contributed by atoms with Crippen LogP contribution in [0.25, 0.3) is 0 Å². The summed E-state index contributed by atoms with van der Waals surface area (Å²) in [5.41, 5.74) is 0. The fourth-order valence-corrected chi connectivity index (χ4v) is 1.18. The highest BCUT2D eigenvalue weighted by Crippen LogP contribution is 1.96. The number of morpholine rings is 1. The second kappa shape index (κ2) is 6.01. The summed E-state index contributed by atoms with van der Waals surface area (Å²) in [6.45, 7) is 4.68. The molecule has 1 saturated heterocycles. The first-order chi connectivity index (χ1) is 5.93. The van der Waals surface area contributed by atoms with Gasteiger partial charge >= 0.3 is 0 Å². The normalized spacial score (nSPS) is 18.4. The third-order valence-electron chi connectivity index (χ3n) is 1.86. The lowest BCUT2D eigenvalue weighted by atomic mass is 10.3. The predicted octanol–water partition coefficient (Wildman–Crippen LogP) is -0.296. The van der Waals surface area contributed by atoms with Crippen LogP contribution in [0.5, 0.6) is 0 Å². The average molecular weight is 169 g/mol. The van der Waals surface area contributed by atoms with E-state index in [1.165, 1.54) is 0 Å². The van der Waals surface area contributed by atoms with Crippen molar-refractivity contribution in [2.75, 3.05) is 39.5 Å². The number of aliphatic hydroxyl groups excluding tert-OH is 1. The van der Waals surface area contributed by atoms with Crippen molar-refractivity contribution in [1.29, 1.82) is 0 Å². The van der Waals surface area contributed by atoms with E-state index in [4.69, 9.17) is 9.84 Å². The van der Waals surface area contributed by atoms with E-state index in [0.717, 1.165) is 39.3 Å². The molecule has 1 N–H and O–H groups in total. The van der Waals surface area contributed by atoms with Crippen molar-refractivity contribution in [3.05, 3.63) is 0 Å². The van der Waals surface area contributed by atoms with E-state index >= 15 is 0 Å².